The summed E-state index contributed by atoms with van der Waals surface area (Å²) in [6.45, 7) is 2.84. The molecule has 41 heavy (non-hydrogen) atoms. The normalized spacial score (nSPS) is 13.6. The van der Waals surface area contributed by atoms with Crippen molar-refractivity contribution in [1.29, 1.82) is 0 Å². The lowest BCUT2D eigenvalue weighted by atomic mass is 9.96. The van der Waals surface area contributed by atoms with Gasteiger partial charge in [0, 0.05) is 35.8 Å². The highest BCUT2D eigenvalue weighted by atomic mass is 19.1. The predicted molar refractivity (Wildman–Crippen MR) is 154 cm³/mol. The maximum absolute atomic E-state index is 14.7. The average molecular weight is 562 g/mol. The van der Waals surface area contributed by atoms with Gasteiger partial charge >= 0.3 is 12.1 Å². The first-order valence-corrected chi connectivity index (χ1v) is 13.0. The number of hydrogen-bond donors (Lipinski definition) is 4. The number of carboxylic acids is 1. The second-order valence-corrected chi connectivity index (χ2v) is 10.2. The van der Waals surface area contributed by atoms with Gasteiger partial charge in [-0.2, -0.15) is 0 Å². The predicted octanol–water partition coefficient (Wildman–Crippen LogP) is 3.65. The van der Waals surface area contributed by atoms with Crippen molar-refractivity contribution in [1.82, 2.24) is 10.1 Å². The fraction of sp³-hybridized carbons (Fsp3) is 0.276. The molecule has 1 aliphatic rings. The van der Waals surface area contributed by atoms with Gasteiger partial charge in [-0.3, -0.25) is 10.1 Å². The van der Waals surface area contributed by atoms with E-state index in [-0.39, 0.29) is 30.7 Å². The number of fused-ring (bicyclic) bond motifs is 1. The van der Waals surface area contributed by atoms with Crippen LogP contribution in [0.3, 0.4) is 0 Å². The number of amides is 2. The molecule has 3 aromatic carbocycles. The number of carbonyl (C=O) groups excluding carboxylic acids is 2. The molecule has 10 nitrogen and oxygen atoms in total. The molecule has 214 valence electrons. The van der Waals surface area contributed by atoms with Crippen LogP contribution in [0, 0.1) is 5.82 Å². The van der Waals surface area contributed by atoms with Gasteiger partial charge in [0.2, 0.25) is 0 Å². The first kappa shape index (κ1) is 29.4. The molecule has 0 saturated heterocycles. The highest BCUT2D eigenvalue weighted by molar-refractivity contribution is 6.04. The fourth-order valence-electron chi connectivity index (χ4n) is 4.67. The smallest absolute Gasteiger partial charge is 0.411 e. The molecule has 0 aromatic heterocycles. The Morgan fingerprint density at radius 1 is 1.20 bits per heavy atom. The molecule has 1 heterocycles. The van der Waals surface area contributed by atoms with E-state index in [1.165, 1.54) is 19.2 Å². The molecule has 2 atom stereocenters. The summed E-state index contributed by atoms with van der Waals surface area (Å²) in [4.78, 5) is 38.6. The van der Waals surface area contributed by atoms with E-state index in [1.54, 1.807) is 24.3 Å². The molecular weight excluding hydrogens is 530 g/mol. The number of benzene rings is 3. The summed E-state index contributed by atoms with van der Waals surface area (Å²) < 4.78 is 25.7. The second-order valence-electron chi connectivity index (χ2n) is 10.2. The van der Waals surface area contributed by atoms with Gasteiger partial charge in [0.25, 0.3) is 5.91 Å². The average Bonchev–Trinajstić information content (AvgIpc) is 3.28. The van der Waals surface area contributed by atoms with E-state index in [9.17, 15) is 23.9 Å². The van der Waals surface area contributed by atoms with Crippen LogP contribution in [-0.2, 0) is 22.6 Å². The number of hydrogen-bond acceptors (Lipinski definition) is 7. The monoisotopic (exact) mass is 562 g/mol. The van der Waals surface area contributed by atoms with Crippen LogP contribution < -0.4 is 20.7 Å². The van der Waals surface area contributed by atoms with Gasteiger partial charge in [-0.25, -0.2) is 14.0 Å². The van der Waals surface area contributed by atoms with Gasteiger partial charge in [-0.15, -0.1) is 0 Å². The number of halogens is 1. The van der Waals surface area contributed by atoms with E-state index >= 15 is 0 Å². The Hall–Kier alpha value is -4.58. The van der Waals surface area contributed by atoms with Crippen molar-refractivity contribution in [2.75, 3.05) is 31.4 Å². The Bertz CT molecular complexity index is 1470. The zero-order valence-corrected chi connectivity index (χ0v) is 23.3. The van der Waals surface area contributed by atoms with Crippen LogP contribution in [0.15, 0.2) is 54.6 Å². The molecule has 0 fully saturated rings. The Kier molecular flexibility index (Phi) is 9.13. The van der Waals surface area contributed by atoms with E-state index in [1.807, 2.05) is 45.0 Å². The van der Waals surface area contributed by atoms with Crippen molar-refractivity contribution < 1.29 is 33.4 Å². The number of methoxy groups -OCH3 is 1. The van der Waals surface area contributed by atoms with Crippen LogP contribution in [0.4, 0.5) is 20.6 Å². The number of ether oxygens (including phenoxy) is 2. The van der Waals surface area contributed by atoms with Crippen LogP contribution in [0.1, 0.15) is 51.5 Å². The summed E-state index contributed by atoms with van der Waals surface area (Å²) in [5, 5.41) is 18.0. The largest absolute Gasteiger partial charge is 0.496 e. The van der Waals surface area contributed by atoms with E-state index < -0.39 is 23.9 Å². The topological polar surface area (TPSA) is 129 Å². The first-order chi connectivity index (χ1) is 19.5. The Morgan fingerprint density at radius 2 is 1.98 bits per heavy atom. The van der Waals surface area contributed by atoms with Crippen LogP contribution in [0.2, 0.25) is 0 Å². The number of rotatable bonds is 11. The number of anilines is 2. The number of nitrogens with zero attached hydrogens (tertiary/aromatic N) is 1. The van der Waals surface area contributed by atoms with Crippen LogP contribution in [-0.4, -0.2) is 56.6 Å². The molecular formula is C29H32BFN4O6. The third kappa shape index (κ3) is 7.15. The van der Waals surface area contributed by atoms with Crippen molar-refractivity contribution in [3.05, 3.63) is 88.2 Å². The zero-order valence-electron chi connectivity index (χ0n) is 23.3. The first-order valence-electron chi connectivity index (χ1n) is 13.0. The number of carbonyl (C=O) groups is 3. The van der Waals surface area contributed by atoms with E-state index in [4.69, 9.17) is 9.47 Å². The van der Waals surface area contributed by atoms with Crippen molar-refractivity contribution in [2.45, 2.75) is 32.0 Å². The van der Waals surface area contributed by atoms with Gasteiger partial charge in [0.15, 0.2) is 14.0 Å². The SMILES string of the molecule is BN(C)Cc1cccc(NC(=O)OC[C@H](C)c2ccc(C(Nc3cc4c(cc3F)CNC4=O)C(=O)O)cc2OC)c1. The van der Waals surface area contributed by atoms with Crippen molar-refractivity contribution >= 4 is 37.3 Å². The summed E-state index contributed by atoms with van der Waals surface area (Å²) >= 11 is 0. The quantitative estimate of drug-likeness (QED) is 0.261. The summed E-state index contributed by atoms with van der Waals surface area (Å²) in [5.74, 6) is -2.15. The minimum atomic E-state index is -1.32. The number of aliphatic carboxylic acids is 1. The third-order valence-corrected chi connectivity index (χ3v) is 6.68. The highest BCUT2D eigenvalue weighted by Crippen LogP contribution is 2.33. The minimum Gasteiger partial charge on any atom is -0.496 e. The van der Waals surface area contributed by atoms with Gasteiger partial charge in [-0.05, 0) is 54.1 Å². The molecule has 2 amide bonds. The second kappa shape index (κ2) is 12.7. The molecule has 3 aromatic rings. The van der Waals surface area contributed by atoms with E-state index in [2.05, 4.69) is 16.0 Å². The lowest BCUT2D eigenvalue weighted by Crippen LogP contribution is -2.22. The van der Waals surface area contributed by atoms with Gasteiger partial charge in [0.1, 0.15) is 11.6 Å². The maximum Gasteiger partial charge on any atom is 0.411 e. The van der Waals surface area contributed by atoms with Gasteiger partial charge in [-0.1, -0.05) is 31.2 Å². The molecule has 1 unspecified atom stereocenters. The maximum atomic E-state index is 14.7. The zero-order chi connectivity index (χ0) is 29.7. The Balaban J connectivity index is 1.44. The van der Waals surface area contributed by atoms with Crippen LogP contribution >= 0.6 is 0 Å². The van der Waals surface area contributed by atoms with Gasteiger partial charge in [0.05, 0.1) is 19.4 Å². The van der Waals surface area contributed by atoms with Crippen molar-refractivity contribution in [3.63, 3.8) is 0 Å². The minimum absolute atomic E-state index is 0.0436. The molecule has 0 aliphatic carbocycles. The van der Waals surface area contributed by atoms with Crippen LogP contribution in [0.5, 0.6) is 5.75 Å². The number of nitrogens with one attached hydrogen (secondary N) is 3. The standard InChI is InChI=1S/C29H32BFN4O6/c1-16(15-41-29(39)33-20-6-4-5-17(9-20)14-35(2)30)21-8-7-18(11-25(21)40-3)26(28(37)38)34-24-12-22-19(10-23(24)31)13-32-27(22)36/h4-12,16,26,34H,13-15,30H2,1-3H3,(H,32,36)(H,33,39)(H,37,38)/t16-,26?/m0/s1. The molecule has 0 bridgehead atoms. The summed E-state index contributed by atoms with van der Waals surface area (Å²) in [6, 6.07) is 13.5. The molecule has 4 N–H and O–H groups in total. The molecule has 0 radical (unpaired) electrons. The van der Waals surface area contributed by atoms with Gasteiger partial charge < -0.3 is 30.0 Å². The third-order valence-electron chi connectivity index (χ3n) is 6.68. The molecule has 12 heteroatoms. The lowest BCUT2D eigenvalue weighted by Gasteiger charge is -2.21. The van der Waals surface area contributed by atoms with Crippen molar-refractivity contribution in [2.24, 2.45) is 0 Å². The van der Waals surface area contributed by atoms with Crippen LogP contribution in [0.25, 0.3) is 0 Å². The summed E-state index contributed by atoms with van der Waals surface area (Å²) in [5.41, 5.74) is 3.38. The molecule has 0 saturated carbocycles. The molecule has 1 aliphatic heterocycles. The Labute approximate surface area is 238 Å². The van der Waals surface area contributed by atoms with E-state index in [0.29, 0.717) is 33.7 Å². The fourth-order valence-corrected chi connectivity index (χ4v) is 4.67. The van der Waals surface area contributed by atoms with E-state index in [0.717, 1.165) is 12.1 Å². The highest BCUT2D eigenvalue weighted by Gasteiger charge is 2.26. The lowest BCUT2D eigenvalue weighted by molar-refractivity contribution is -0.138. The molecule has 4 rings (SSSR count). The summed E-state index contributed by atoms with van der Waals surface area (Å²) in [6.07, 6.45) is -0.602. The van der Waals surface area contributed by atoms with Crippen molar-refractivity contribution in [3.8, 4) is 5.75 Å². The summed E-state index contributed by atoms with van der Waals surface area (Å²) in [7, 11) is 5.37. The Morgan fingerprint density at radius 3 is 2.68 bits per heavy atom. The number of carboxylic acid groups (broad SMARTS) is 1. The molecule has 0 spiro atoms.